The Morgan fingerprint density at radius 3 is 2.88 bits per heavy atom. The molecule has 0 spiro atoms. The van der Waals surface area contributed by atoms with Gasteiger partial charge in [0.25, 0.3) is 5.69 Å². The molecule has 0 aliphatic carbocycles. The lowest BCUT2D eigenvalue weighted by atomic mass is 10.1. The van der Waals surface area contributed by atoms with Gasteiger partial charge in [-0.3, -0.25) is 19.8 Å². The predicted octanol–water partition coefficient (Wildman–Crippen LogP) is 3.56. The van der Waals surface area contributed by atoms with E-state index in [0.29, 0.717) is 36.6 Å². The molecule has 126 valence electrons. The smallest absolute Gasteiger partial charge is 0.320 e. The zero-order valence-electron chi connectivity index (χ0n) is 12.6. The minimum absolute atomic E-state index is 0.0862. The Morgan fingerprint density at radius 1 is 1.42 bits per heavy atom. The molecule has 1 fully saturated rings. The highest BCUT2D eigenvalue weighted by Gasteiger charge is 2.31. The molecule has 1 aliphatic rings. The lowest BCUT2D eigenvalue weighted by Gasteiger charge is -2.19. The van der Waals surface area contributed by atoms with Gasteiger partial charge in [0, 0.05) is 17.7 Å². The highest BCUT2D eigenvalue weighted by molar-refractivity contribution is 6.33. The zero-order valence-corrected chi connectivity index (χ0v) is 13.4. The Labute approximate surface area is 142 Å². The van der Waals surface area contributed by atoms with Crippen molar-refractivity contribution in [1.29, 1.82) is 0 Å². The summed E-state index contributed by atoms with van der Waals surface area (Å²) in [4.78, 5) is 23.3. The summed E-state index contributed by atoms with van der Waals surface area (Å²) in [5, 5.41) is 20.2. The van der Waals surface area contributed by atoms with Crippen LogP contribution in [0.4, 0.5) is 5.69 Å². The van der Waals surface area contributed by atoms with Crippen molar-refractivity contribution in [3.8, 4) is 11.3 Å². The van der Waals surface area contributed by atoms with Gasteiger partial charge in [-0.15, -0.1) is 0 Å². The quantitative estimate of drug-likeness (QED) is 0.654. The van der Waals surface area contributed by atoms with Gasteiger partial charge in [-0.25, -0.2) is 0 Å². The van der Waals surface area contributed by atoms with Crippen LogP contribution in [-0.4, -0.2) is 33.5 Å². The van der Waals surface area contributed by atoms with E-state index in [4.69, 9.17) is 16.0 Å². The van der Waals surface area contributed by atoms with E-state index < -0.39 is 16.9 Å². The average molecular weight is 351 g/mol. The van der Waals surface area contributed by atoms with Gasteiger partial charge in [0.15, 0.2) is 0 Å². The molecular formula is C16H15ClN2O5. The van der Waals surface area contributed by atoms with Crippen LogP contribution < -0.4 is 0 Å². The second-order valence-corrected chi connectivity index (χ2v) is 6.06. The van der Waals surface area contributed by atoms with Crippen LogP contribution in [0.3, 0.4) is 0 Å². The van der Waals surface area contributed by atoms with E-state index in [9.17, 15) is 20.0 Å². The van der Waals surface area contributed by atoms with Gasteiger partial charge in [-0.05, 0) is 37.6 Å². The zero-order chi connectivity index (χ0) is 17.3. The van der Waals surface area contributed by atoms with Crippen LogP contribution in [0.1, 0.15) is 18.6 Å². The van der Waals surface area contributed by atoms with Crippen LogP contribution in [0.5, 0.6) is 0 Å². The SMILES string of the molecule is O=C(O)[C@H]1CCCN1Cc1ccc(-c2ccc([N+](=O)[O-])cc2Cl)o1. The molecule has 0 radical (unpaired) electrons. The number of carboxylic acid groups (broad SMARTS) is 1. The predicted molar refractivity (Wildman–Crippen MR) is 86.9 cm³/mol. The third-order valence-corrected chi connectivity index (χ3v) is 4.41. The number of aliphatic carboxylic acids is 1. The fourth-order valence-electron chi connectivity index (χ4n) is 2.92. The molecule has 0 saturated carbocycles. The van der Waals surface area contributed by atoms with Crippen LogP contribution in [0.15, 0.2) is 34.7 Å². The van der Waals surface area contributed by atoms with Crippen molar-refractivity contribution in [2.75, 3.05) is 6.54 Å². The van der Waals surface area contributed by atoms with Gasteiger partial charge in [0.1, 0.15) is 17.6 Å². The summed E-state index contributed by atoms with van der Waals surface area (Å²) >= 11 is 6.10. The summed E-state index contributed by atoms with van der Waals surface area (Å²) in [5.74, 6) is 0.307. The van der Waals surface area contributed by atoms with Gasteiger partial charge in [-0.1, -0.05) is 11.6 Å². The number of carbonyl (C=O) groups is 1. The minimum atomic E-state index is -0.822. The lowest BCUT2D eigenvalue weighted by Crippen LogP contribution is -2.35. The normalized spacial score (nSPS) is 18.0. The summed E-state index contributed by atoms with van der Waals surface area (Å²) < 4.78 is 5.75. The third kappa shape index (κ3) is 3.27. The molecule has 0 bridgehead atoms. The van der Waals surface area contributed by atoms with E-state index in [1.165, 1.54) is 12.1 Å². The molecule has 0 unspecified atom stereocenters. The average Bonchev–Trinajstić information content (AvgIpc) is 3.17. The Balaban J connectivity index is 1.78. The first-order valence-corrected chi connectivity index (χ1v) is 7.83. The number of likely N-dealkylation sites (tertiary alicyclic amines) is 1. The van der Waals surface area contributed by atoms with Gasteiger partial charge < -0.3 is 9.52 Å². The summed E-state index contributed by atoms with van der Waals surface area (Å²) in [6, 6.07) is 7.20. The maximum Gasteiger partial charge on any atom is 0.320 e. The standard InChI is InChI=1S/C16H15ClN2O5/c17-13-8-10(19(22)23)3-5-12(13)15-6-4-11(24-15)9-18-7-1-2-14(18)16(20)21/h3-6,8,14H,1-2,7,9H2,(H,20,21)/t14-/m1/s1. The number of nitro groups is 1. The van der Waals surface area contributed by atoms with Crippen LogP contribution in [0.2, 0.25) is 5.02 Å². The van der Waals surface area contributed by atoms with E-state index in [-0.39, 0.29) is 10.7 Å². The van der Waals surface area contributed by atoms with Crippen molar-refractivity contribution in [2.45, 2.75) is 25.4 Å². The molecule has 3 rings (SSSR count). The van der Waals surface area contributed by atoms with E-state index >= 15 is 0 Å². The van der Waals surface area contributed by atoms with E-state index in [2.05, 4.69) is 0 Å². The minimum Gasteiger partial charge on any atom is -0.480 e. The molecular weight excluding hydrogens is 336 g/mol. The number of nitro benzene ring substituents is 1. The largest absolute Gasteiger partial charge is 0.480 e. The molecule has 1 aromatic carbocycles. The number of rotatable bonds is 5. The van der Waals surface area contributed by atoms with Crippen molar-refractivity contribution >= 4 is 23.3 Å². The first kappa shape index (κ1) is 16.5. The molecule has 2 heterocycles. The van der Waals surface area contributed by atoms with Crippen molar-refractivity contribution in [2.24, 2.45) is 0 Å². The van der Waals surface area contributed by atoms with Crippen molar-refractivity contribution < 1.29 is 19.2 Å². The van der Waals surface area contributed by atoms with Gasteiger partial charge >= 0.3 is 5.97 Å². The first-order valence-electron chi connectivity index (χ1n) is 7.45. The second kappa shape index (κ2) is 6.62. The maximum absolute atomic E-state index is 11.2. The molecule has 1 aliphatic heterocycles. The molecule has 24 heavy (non-hydrogen) atoms. The number of carboxylic acids is 1. The highest BCUT2D eigenvalue weighted by Crippen LogP contribution is 2.33. The Morgan fingerprint density at radius 2 is 2.21 bits per heavy atom. The summed E-state index contributed by atoms with van der Waals surface area (Å²) in [5.41, 5.74) is 0.474. The van der Waals surface area contributed by atoms with Gasteiger partial charge in [0.2, 0.25) is 0 Å². The number of hydrogen-bond acceptors (Lipinski definition) is 5. The van der Waals surface area contributed by atoms with E-state index in [1.807, 2.05) is 4.90 Å². The van der Waals surface area contributed by atoms with Crippen LogP contribution in [-0.2, 0) is 11.3 Å². The maximum atomic E-state index is 11.2. The van der Waals surface area contributed by atoms with Crippen molar-refractivity contribution in [1.82, 2.24) is 4.90 Å². The second-order valence-electron chi connectivity index (χ2n) is 5.65. The van der Waals surface area contributed by atoms with Crippen LogP contribution in [0.25, 0.3) is 11.3 Å². The highest BCUT2D eigenvalue weighted by atomic mass is 35.5. The number of non-ortho nitro benzene ring substituents is 1. The van der Waals surface area contributed by atoms with Gasteiger partial charge in [-0.2, -0.15) is 0 Å². The molecule has 1 N–H and O–H groups in total. The molecule has 2 aromatic rings. The Kier molecular flexibility index (Phi) is 4.55. The topological polar surface area (TPSA) is 96.8 Å². The molecule has 1 saturated heterocycles. The molecule has 1 aromatic heterocycles. The van der Waals surface area contributed by atoms with Crippen LogP contribution in [0, 0.1) is 10.1 Å². The first-order chi connectivity index (χ1) is 11.5. The number of nitrogens with zero attached hydrogens (tertiary/aromatic N) is 2. The van der Waals surface area contributed by atoms with Crippen molar-refractivity contribution in [3.05, 3.63) is 51.2 Å². The van der Waals surface area contributed by atoms with Crippen LogP contribution >= 0.6 is 11.6 Å². The Hall–Kier alpha value is -2.38. The molecule has 8 heteroatoms. The summed E-state index contributed by atoms with van der Waals surface area (Å²) in [6.07, 6.45) is 1.48. The number of benzene rings is 1. The van der Waals surface area contributed by atoms with Gasteiger partial charge in [0.05, 0.1) is 16.5 Å². The number of furan rings is 1. The fourth-order valence-corrected chi connectivity index (χ4v) is 3.19. The van der Waals surface area contributed by atoms with E-state index in [0.717, 1.165) is 6.42 Å². The third-order valence-electron chi connectivity index (χ3n) is 4.10. The lowest BCUT2D eigenvalue weighted by molar-refractivity contribution is -0.384. The number of halogens is 1. The molecule has 0 amide bonds. The monoisotopic (exact) mass is 350 g/mol. The number of hydrogen-bond donors (Lipinski definition) is 1. The Bertz CT molecular complexity index is 789. The summed E-state index contributed by atoms with van der Waals surface area (Å²) in [7, 11) is 0. The molecule has 7 nitrogen and oxygen atoms in total. The molecule has 1 atom stereocenters. The van der Waals surface area contributed by atoms with E-state index in [1.54, 1.807) is 18.2 Å². The summed E-state index contributed by atoms with van der Waals surface area (Å²) in [6.45, 7) is 1.12. The fraction of sp³-hybridized carbons (Fsp3) is 0.312. The van der Waals surface area contributed by atoms with Crippen molar-refractivity contribution in [3.63, 3.8) is 0 Å².